The molecule has 0 aliphatic heterocycles. The van der Waals surface area contributed by atoms with Gasteiger partial charge in [0, 0.05) is 29.5 Å². The number of rotatable bonds is 6. The second kappa shape index (κ2) is 6.02. The van der Waals surface area contributed by atoms with Crippen molar-refractivity contribution in [1.82, 2.24) is 5.32 Å². The minimum Gasteiger partial charge on any atom is -0.490 e. The van der Waals surface area contributed by atoms with Crippen molar-refractivity contribution in [2.75, 3.05) is 7.05 Å². The maximum absolute atomic E-state index is 10.9. The highest BCUT2D eigenvalue weighted by Gasteiger charge is 2.53. The van der Waals surface area contributed by atoms with Gasteiger partial charge in [0.25, 0.3) is 5.69 Å². The lowest BCUT2D eigenvalue weighted by Crippen LogP contribution is -2.63. The number of ether oxygens (including phenoxy) is 1. The first-order valence-corrected chi connectivity index (χ1v) is 7.57. The van der Waals surface area contributed by atoms with Gasteiger partial charge in [-0.3, -0.25) is 10.1 Å². The molecule has 0 amide bonds. The average Bonchev–Trinajstić information content (AvgIpc) is 2.44. The predicted molar refractivity (Wildman–Crippen MR) is 82.7 cm³/mol. The molecule has 1 aromatic carbocycles. The molecule has 21 heavy (non-hydrogen) atoms. The third kappa shape index (κ3) is 2.62. The second-order valence-electron chi connectivity index (χ2n) is 5.83. The Bertz CT molecular complexity index is 526. The Balaban J connectivity index is 2.15. The molecule has 0 heterocycles. The van der Waals surface area contributed by atoms with Crippen LogP contribution >= 0.6 is 0 Å². The highest BCUT2D eigenvalue weighted by molar-refractivity contribution is 5.44. The maximum Gasteiger partial charge on any atom is 0.272 e. The normalized spacial score (nSPS) is 23.4. The summed E-state index contributed by atoms with van der Waals surface area (Å²) in [7, 11) is 2.00. The first kappa shape index (κ1) is 15.8. The van der Waals surface area contributed by atoms with Crippen molar-refractivity contribution in [1.29, 1.82) is 0 Å². The molecule has 1 saturated carbocycles. The minimum absolute atomic E-state index is 0.140. The van der Waals surface area contributed by atoms with E-state index in [9.17, 15) is 10.1 Å². The molecule has 5 heteroatoms. The lowest BCUT2D eigenvalue weighted by atomic mass is 9.58. The summed E-state index contributed by atoms with van der Waals surface area (Å²) in [6.45, 7) is 6.14. The molecule has 1 aliphatic carbocycles. The van der Waals surface area contributed by atoms with Crippen LogP contribution in [0.1, 0.15) is 38.7 Å². The van der Waals surface area contributed by atoms with Gasteiger partial charge in [-0.15, -0.1) is 0 Å². The van der Waals surface area contributed by atoms with Crippen LogP contribution in [0.4, 0.5) is 5.69 Å². The molecule has 0 aromatic heterocycles. The van der Waals surface area contributed by atoms with E-state index in [1.54, 1.807) is 19.1 Å². The van der Waals surface area contributed by atoms with E-state index in [0.717, 1.165) is 25.0 Å². The molecular formula is C16H24N2O3. The Labute approximate surface area is 125 Å². The fourth-order valence-electron chi connectivity index (χ4n) is 3.59. The van der Waals surface area contributed by atoms with Gasteiger partial charge in [-0.05, 0) is 38.9 Å². The number of aryl methyl sites for hydroxylation is 1. The summed E-state index contributed by atoms with van der Waals surface area (Å²) in [6, 6.07) is 5.48. The zero-order chi connectivity index (χ0) is 15.6. The quantitative estimate of drug-likeness (QED) is 0.644. The largest absolute Gasteiger partial charge is 0.490 e. The molecule has 1 fully saturated rings. The Morgan fingerprint density at radius 2 is 2.10 bits per heavy atom. The van der Waals surface area contributed by atoms with Crippen LogP contribution < -0.4 is 10.1 Å². The van der Waals surface area contributed by atoms with E-state index in [1.165, 1.54) is 6.07 Å². The lowest BCUT2D eigenvalue weighted by molar-refractivity contribution is -0.385. The van der Waals surface area contributed by atoms with E-state index in [2.05, 4.69) is 19.2 Å². The number of benzene rings is 1. The maximum atomic E-state index is 10.9. The molecule has 2 atom stereocenters. The summed E-state index contributed by atoms with van der Waals surface area (Å²) >= 11 is 0. The Hall–Kier alpha value is -1.62. The van der Waals surface area contributed by atoms with Gasteiger partial charge in [-0.2, -0.15) is 0 Å². The first-order chi connectivity index (χ1) is 9.98. The fourth-order valence-corrected chi connectivity index (χ4v) is 3.59. The topological polar surface area (TPSA) is 64.4 Å². The SMILES string of the molecule is CCC1(CC)C(NC)CC1Oc1ccc([N+](=O)[O-])c(C)c1. The van der Waals surface area contributed by atoms with E-state index in [0.29, 0.717) is 11.6 Å². The molecule has 5 nitrogen and oxygen atoms in total. The van der Waals surface area contributed by atoms with Crippen molar-refractivity contribution in [2.45, 2.75) is 52.2 Å². The molecule has 2 unspecified atom stereocenters. The average molecular weight is 292 g/mol. The van der Waals surface area contributed by atoms with Crippen molar-refractivity contribution in [3.63, 3.8) is 0 Å². The lowest BCUT2D eigenvalue weighted by Gasteiger charge is -2.55. The van der Waals surface area contributed by atoms with Crippen molar-refractivity contribution >= 4 is 5.69 Å². The summed E-state index contributed by atoms with van der Waals surface area (Å²) < 4.78 is 6.13. The molecule has 0 spiro atoms. The number of nitrogens with one attached hydrogen (secondary N) is 1. The monoisotopic (exact) mass is 292 g/mol. The zero-order valence-corrected chi connectivity index (χ0v) is 13.2. The number of nitro benzene ring substituents is 1. The van der Waals surface area contributed by atoms with Crippen LogP contribution in [0.25, 0.3) is 0 Å². The van der Waals surface area contributed by atoms with Gasteiger partial charge in [-0.1, -0.05) is 13.8 Å². The van der Waals surface area contributed by atoms with Crippen molar-refractivity contribution in [2.24, 2.45) is 5.41 Å². The Kier molecular flexibility index (Phi) is 4.52. The highest BCUT2D eigenvalue weighted by atomic mass is 16.6. The van der Waals surface area contributed by atoms with Crippen LogP contribution in [0.2, 0.25) is 0 Å². The van der Waals surface area contributed by atoms with Crippen LogP contribution in [0.3, 0.4) is 0 Å². The molecule has 0 bridgehead atoms. The molecule has 1 aliphatic rings. The summed E-state index contributed by atoms with van der Waals surface area (Å²) in [5.41, 5.74) is 0.937. The molecule has 1 N–H and O–H groups in total. The van der Waals surface area contributed by atoms with Crippen LogP contribution in [-0.2, 0) is 0 Å². The van der Waals surface area contributed by atoms with Crippen molar-refractivity contribution in [3.05, 3.63) is 33.9 Å². The second-order valence-corrected chi connectivity index (χ2v) is 5.83. The van der Waals surface area contributed by atoms with Crippen molar-refractivity contribution < 1.29 is 9.66 Å². The Morgan fingerprint density at radius 3 is 2.57 bits per heavy atom. The summed E-state index contributed by atoms with van der Waals surface area (Å²) in [6.07, 6.45) is 3.27. The minimum atomic E-state index is -0.359. The van der Waals surface area contributed by atoms with E-state index >= 15 is 0 Å². The van der Waals surface area contributed by atoms with E-state index < -0.39 is 0 Å². The van der Waals surface area contributed by atoms with Gasteiger partial charge >= 0.3 is 0 Å². The standard InChI is InChI=1S/C16H24N2O3/c1-5-16(6-2)14(17-4)10-15(16)21-12-7-8-13(18(19)20)11(3)9-12/h7-9,14-15,17H,5-6,10H2,1-4H3. The third-order valence-corrected chi connectivity index (χ3v) is 5.09. The number of hydrogen-bond acceptors (Lipinski definition) is 4. The summed E-state index contributed by atoms with van der Waals surface area (Å²) in [5, 5.41) is 14.2. The van der Waals surface area contributed by atoms with Crippen LogP contribution in [0, 0.1) is 22.5 Å². The molecule has 116 valence electrons. The predicted octanol–water partition coefficient (Wildman–Crippen LogP) is 3.45. The third-order valence-electron chi connectivity index (χ3n) is 5.09. The van der Waals surface area contributed by atoms with Gasteiger partial charge in [0.15, 0.2) is 0 Å². The Morgan fingerprint density at radius 1 is 1.43 bits per heavy atom. The molecule has 0 saturated heterocycles. The van der Waals surface area contributed by atoms with Gasteiger partial charge in [0.2, 0.25) is 0 Å². The van der Waals surface area contributed by atoms with Crippen LogP contribution in [-0.4, -0.2) is 24.1 Å². The van der Waals surface area contributed by atoms with Crippen LogP contribution in [0.15, 0.2) is 18.2 Å². The molecule has 2 rings (SSSR count). The number of nitro groups is 1. The van der Waals surface area contributed by atoms with Gasteiger partial charge in [0.1, 0.15) is 11.9 Å². The van der Waals surface area contributed by atoms with Gasteiger partial charge in [-0.25, -0.2) is 0 Å². The molecular weight excluding hydrogens is 268 g/mol. The zero-order valence-electron chi connectivity index (χ0n) is 13.2. The first-order valence-electron chi connectivity index (χ1n) is 7.57. The van der Waals surface area contributed by atoms with E-state index in [1.807, 2.05) is 7.05 Å². The van der Waals surface area contributed by atoms with E-state index in [-0.39, 0.29) is 22.1 Å². The van der Waals surface area contributed by atoms with Crippen molar-refractivity contribution in [3.8, 4) is 5.75 Å². The van der Waals surface area contributed by atoms with Crippen LogP contribution in [0.5, 0.6) is 5.75 Å². The molecule has 0 radical (unpaired) electrons. The van der Waals surface area contributed by atoms with E-state index in [4.69, 9.17) is 4.74 Å². The smallest absolute Gasteiger partial charge is 0.272 e. The van der Waals surface area contributed by atoms with Gasteiger partial charge in [0.05, 0.1) is 4.92 Å². The van der Waals surface area contributed by atoms with Gasteiger partial charge < -0.3 is 10.1 Å². The summed E-state index contributed by atoms with van der Waals surface area (Å²) in [4.78, 5) is 10.5. The fraction of sp³-hybridized carbons (Fsp3) is 0.625. The number of hydrogen-bond donors (Lipinski definition) is 1. The molecule has 1 aromatic rings. The summed E-state index contributed by atoms with van der Waals surface area (Å²) in [5.74, 6) is 0.726. The highest BCUT2D eigenvalue weighted by Crippen LogP contribution is 2.49. The number of nitrogens with zero attached hydrogens (tertiary/aromatic N) is 1.